The molecule has 14 heavy (non-hydrogen) atoms. The Labute approximate surface area is 80.7 Å². The summed E-state index contributed by atoms with van der Waals surface area (Å²) in [6, 6.07) is 6.53. The van der Waals surface area contributed by atoms with Crippen molar-refractivity contribution in [1.29, 1.82) is 0 Å². The fourth-order valence-corrected chi connectivity index (χ4v) is 0.918. The van der Waals surface area contributed by atoms with Crippen molar-refractivity contribution in [1.82, 2.24) is 0 Å². The number of hydrogen-bond acceptors (Lipinski definition) is 3. The summed E-state index contributed by atoms with van der Waals surface area (Å²) >= 11 is 0. The highest BCUT2D eigenvalue weighted by molar-refractivity contribution is 5.91. The number of aliphatic hydroxyl groups is 1. The van der Waals surface area contributed by atoms with E-state index in [1.807, 2.05) is 0 Å². The molecule has 0 saturated carbocycles. The molecular formula is C9H10N2O3. The second-order valence-corrected chi connectivity index (χ2v) is 2.55. The summed E-state index contributed by atoms with van der Waals surface area (Å²) in [5.74, 6) is -0.471. The number of amides is 2. The molecule has 0 aliphatic heterocycles. The third-order valence-corrected chi connectivity index (χ3v) is 1.54. The van der Waals surface area contributed by atoms with Crippen molar-refractivity contribution in [2.45, 2.75) is 0 Å². The van der Waals surface area contributed by atoms with E-state index < -0.39 is 12.5 Å². The smallest absolute Gasteiger partial charge is 0.250 e. The predicted octanol–water partition coefficient (Wildman–Crippen LogP) is 0.186. The fourth-order valence-electron chi connectivity index (χ4n) is 0.918. The number of carbonyl (C=O) groups is 2. The molecule has 0 aliphatic rings. The first-order valence-electron chi connectivity index (χ1n) is 3.97. The molecule has 1 aromatic rings. The maximum absolute atomic E-state index is 10.8. The Morgan fingerprint density at radius 2 is 1.86 bits per heavy atom. The van der Waals surface area contributed by atoms with E-state index >= 15 is 0 Å². The lowest BCUT2D eigenvalue weighted by molar-refractivity contribution is -0.118. The summed E-state index contributed by atoms with van der Waals surface area (Å²) in [7, 11) is 0. The summed E-state index contributed by atoms with van der Waals surface area (Å²) in [5.41, 5.74) is 1.21. The minimum Gasteiger partial charge on any atom is -0.387 e. The third kappa shape index (κ3) is 2.87. The molecule has 2 amide bonds. The summed E-state index contributed by atoms with van der Waals surface area (Å²) < 4.78 is 0. The number of aliphatic hydroxyl groups excluding tert-OH is 1. The third-order valence-electron chi connectivity index (χ3n) is 1.54. The van der Waals surface area contributed by atoms with Gasteiger partial charge in [0.1, 0.15) is 6.61 Å². The average molecular weight is 194 g/mol. The Morgan fingerprint density at radius 1 is 1.29 bits per heavy atom. The lowest BCUT2D eigenvalue weighted by Gasteiger charge is -2.03. The molecule has 3 N–H and O–H groups in total. The average Bonchev–Trinajstić information content (AvgIpc) is 2.21. The number of carbonyl (C=O) groups excluding carboxylic acids is 2. The first kappa shape index (κ1) is 10.2. The lowest BCUT2D eigenvalue weighted by atomic mass is 10.3. The van der Waals surface area contributed by atoms with Gasteiger partial charge in [0.2, 0.25) is 12.3 Å². The van der Waals surface area contributed by atoms with E-state index in [4.69, 9.17) is 5.11 Å². The van der Waals surface area contributed by atoms with Gasteiger partial charge in [-0.25, -0.2) is 0 Å². The Hall–Kier alpha value is -1.88. The molecule has 0 fully saturated rings. The van der Waals surface area contributed by atoms with Crippen LogP contribution in [0.15, 0.2) is 24.3 Å². The molecule has 0 atom stereocenters. The molecule has 5 heteroatoms. The second kappa shape index (κ2) is 4.98. The quantitative estimate of drug-likeness (QED) is 0.598. The minimum absolute atomic E-state index is 0.471. The zero-order valence-electron chi connectivity index (χ0n) is 7.36. The van der Waals surface area contributed by atoms with Gasteiger partial charge in [0.15, 0.2) is 0 Å². The van der Waals surface area contributed by atoms with Crippen LogP contribution in [0.1, 0.15) is 0 Å². The van der Waals surface area contributed by atoms with Crippen LogP contribution in [0.4, 0.5) is 11.4 Å². The standard InChI is InChI=1S/C9H10N2O3/c12-5-9(14)11-8-3-1-7(2-4-8)10-6-13/h1-4,6,12H,5H2,(H,10,13)(H,11,14). The topological polar surface area (TPSA) is 78.4 Å². The first-order valence-corrected chi connectivity index (χ1v) is 3.97. The molecule has 1 rings (SSSR count). The number of anilines is 2. The number of hydrogen-bond donors (Lipinski definition) is 3. The summed E-state index contributed by atoms with van der Waals surface area (Å²) in [4.78, 5) is 20.8. The Kier molecular flexibility index (Phi) is 3.63. The van der Waals surface area contributed by atoms with Gasteiger partial charge in [0.25, 0.3) is 0 Å². The largest absolute Gasteiger partial charge is 0.387 e. The van der Waals surface area contributed by atoms with Gasteiger partial charge in [-0.15, -0.1) is 0 Å². The highest BCUT2D eigenvalue weighted by Crippen LogP contribution is 2.12. The molecule has 0 unspecified atom stereocenters. The van der Waals surface area contributed by atoms with E-state index in [1.54, 1.807) is 24.3 Å². The van der Waals surface area contributed by atoms with Gasteiger partial charge in [0, 0.05) is 11.4 Å². The lowest BCUT2D eigenvalue weighted by Crippen LogP contribution is -2.15. The van der Waals surface area contributed by atoms with Crippen molar-refractivity contribution in [3.8, 4) is 0 Å². The molecule has 0 saturated heterocycles. The minimum atomic E-state index is -0.547. The Morgan fingerprint density at radius 3 is 2.36 bits per heavy atom. The maximum atomic E-state index is 10.8. The summed E-state index contributed by atoms with van der Waals surface area (Å²) in [6.07, 6.45) is 0.571. The predicted molar refractivity (Wildman–Crippen MR) is 51.8 cm³/mol. The van der Waals surface area contributed by atoms with Crippen LogP contribution >= 0.6 is 0 Å². The molecule has 0 aromatic heterocycles. The fraction of sp³-hybridized carbons (Fsp3) is 0.111. The van der Waals surface area contributed by atoms with Crippen molar-refractivity contribution in [3.63, 3.8) is 0 Å². The normalized spacial score (nSPS) is 9.21. The van der Waals surface area contributed by atoms with Gasteiger partial charge in [-0.3, -0.25) is 9.59 Å². The molecule has 74 valence electrons. The van der Waals surface area contributed by atoms with Gasteiger partial charge in [-0.05, 0) is 24.3 Å². The van der Waals surface area contributed by atoms with Crippen molar-refractivity contribution in [2.24, 2.45) is 0 Å². The monoisotopic (exact) mass is 194 g/mol. The van der Waals surface area contributed by atoms with Crippen LogP contribution in [-0.4, -0.2) is 24.0 Å². The molecule has 0 heterocycles. The second-order valence-electron chi connectivity index (χ2n) is 2.55. The molecule has 1 aromatic carbocycles. The van der Waals surface area contributed by atoms with Crippen LogP contribution in [0.5, 0.6) is 0 Å². The number of nitrogens with one attached hydrogen (secondary N) is 2. The van der Waals surface area contributed by atoms with Crippen molar-refractivity contribution in [2.75, 3.05) is 17.2 Å². The number of benzene rings is 1. The van der Waals surface area contributed by atoms with Crippen LogP contribution < -0.4 is 10.6 Å². The number of rotatable bonds is 4. The van der Waals surface area contributed by atoms with Crippen molar-refractivity contribution < 1.29 is 14.7 Å². The van der Waals surface area contributed by atoms with Gasteiger partial charge < -0.3 is 15.7 Å². The molecule has 0 bridgehead atoms. The van der Waals surface area contributed by atoms with Gasteiger partial charge in [-0.2, -0.15) is 0 Å². The van der Waals surface area contributed by atoms with E-state index in [0.29, 0.717) is 17.8 Å². The van der Waals surface area contributed by atoms with E-state index in [1.165, 1.54) is 0 Å². The SMILES string of the molecule is O=CNc1ccc(NC(=O)CO)cc1. The van der Waals surface area contributed by atoms with Gasteiger partial charge >= 0.3 is 0 Å². The van der Waals surface area contributed by atoms with E-state index in [0.717, 1.165) is 0 Å². The van der Waals surface area contributed by atoms with Crippen LogP contribution in [0.25, 0.3) is 0 Å². The van der Waals surface area contributed by atoms with Crippen molar-refractivity contribution >= 4 is 23.7 Å². The highest BCUT2D eigenvalue weighted by atomic mass is 16.3. The van der Waals surface area contributed by atoms with Crippen LogP contribution in [0.2, 0.25) is 0 Å². The van der Waals surface area contributed by atoms with Crippen molar-refractivity contribution in [3.05, 3.63) is 24.3 Å². The molecule has 0 radical (unpaired) electrons. The summed E-state index contributed by atoms with van der Waals surface area (Å²) in [6.45, 7) is -0.547. The summed E-state index contributed by atoms with van der Waals surface area (Å²) in [5, 5.41) is 13.4. The molecule has 0 aliphatic carbocycles. The Bertz CT molecular complexity index is 321. The van der Waals surface area contributed by atoms with Gasteiger partial charge in [0.05, 0.1) is 0 Å². The highest BCUT2D eigenvalue weighted by Gasteiger charge is 1.98. The van der Waals surface area contributed by atoms with Gasteiger partial charge in [-0.1, -0.05) is 0 Å². The van der Waals surface area contributed by atoms with Crippen LogP contribution in [-0.2, 0) is 9.59 Å². The van der Waals surface area contributed by atoms with E-state index in [2.05, 4.69) is 10.6 Å². The van der Waals surface area contributed by atoms with E-state index in [9.17, 15) is 9.59 Å². The van der Waals surface area contributed by atoms with Crippen LogP contribution in [0, 0.1) is 0 Å². The molecule has 5 nitrogen and oxygen atoms in total. The first-order chi connectivity index (χ1) is 6.76. The molecular weight excluding hydrogens is 184 g/mol. The zero-order valence-corrected chi connectivity index (χ0v) is 7.36. The zero-order chi connectivity index (χ0) is 10.4. The van der Waals surface area contributed by atoms with Crippen LogP contribution in [0.3, 0.4) is 0 Å². The molecule has 0 spiro atoms. The maximum Gasteiger partial charge on any atom is 0.250 e. The Balaban J connectivity index is 2.63. The van der Waals surface area contributed by atoms with E-state index in [-0.39, 0.29) is 0 Å².